The zero-order chi connectivity index (χ0) is 14.8. The van der Waals surface area contributed by atoms with Crippen LogP contribution in [0.15, 0.2) is 54.7 Å². The third kappa shape index (κ3) is 2.53. The summed E-state index contributed by atoms with van der Waals surface area (Å²) in [6.07, 6.45) is 1.51. The summed E-state index contributed by atoms with van der Waals surface area (Å²) in [5, 5.41) is 11.7. The minimum absolute atomic E-state index is 0.0257. The maximum Gasteiger partial charge on any atom is 0.295 e. The fourth-order valence-corrected chi connectivity index (χ4v) is 2.18. The Morgan fingerprint density at radius 3 is 2.71 bits per heavy atom. The van der Waals surface area contributed by atoms with Gasteiger partial charge in [0.2, 0.25) is 0 Å². The fraction of sp³-hybridized carbons (Fsp3) is 0.0625. The molecule has 0 unspecified atom stereocenters. The van der Waals surface area contributed by atoms with Crippen LogP contribution in [-0.4, -0.2) is 9.91 Å². The summed E-state index contributed by atoms with van der Waals surface area (Å²) in [5.74, 6) is 1.24. The maximum absolute atomic E-state index is 11.1. The van der Waals surface area contributed by atoms with Gasteiger partial charge in [-0.15, -0.1) is 0 Å². The van der Waals surface area contributed by atoms with Crippen molar-refractivity contribution in [3.8, 4) is 11.5 Å². The fourth-order valence-electron chi connectivity index (χ4n) is 2.18. The van der Waals surface area contributed by atoms with Crippen molar-refractivity contribution in [1.82, 2.24) is 4.98 Å². The number of hydrogen-bond acceptors (Lipinski definition) is 4. The second-order valence-electron chi connectivity index (χ2n) is 4.66. The number of pyridine rings is 1. The highest BCUT2D eigenvalue weighted by molar-refractivity contribution is 5.91. The molecular formula is C16H12N2O3. The van der Waals surface area contributed by atoms with Gasteiger partial charge in [-0.3, -0.25) is 10.1 Å². The van der Waals surface area contributed by atoms with Crippen LogP contribution in [0, 0.1) is 17.0 Å². The Morgan fingerprint density at radius 2 is 1.95 bits per heavy atom. The number of para-hydroxylation sites is 1. The van der Waals surface area contributed by atoms with Crippen molar-refractivity contribution in [2.24, 2.45) is 0 Å². The average molecular weight is 280 g/mol. The van der Waals surface area contributed by atoms with Crippen LogP contribution in [0.3, 0.4) is 0 Å². The Labute approximate surface area is 121 Å². The number of benzene rings is 2. The monoisotopic (exact) mass is 280 g/mol. The van der Waals surface area contributed by atoms with Crippen LogP contribution in [-0.2, 0) is 0 Å². The van der Waals surface area contributed by atoms with E-state index in [9.17, 15) is 10.1 Å². The van der Waals surface area contributed by atoms with Gasteiger partial charge >= 0.3 is 0 Å². The van der Waals surface area contributed by atoms with Crippen molar-refractivity contribution in [2.45, 2.75) is 6.92 Å². The van der Waals surface area contributed by atoms with E-state index in [1.807, 2.05) is 31.2 Å². The molecule has 0 N–H and O–H groups in total. The van der Waals surface area contributed by atoms with Gasteiger partial charge in [-0.05, 0) is 36.8 Å². The Hall–Kier alpha value is -2.95. The molecule has 0 aliphatic heterocycles. The zero-order valence-electron chi connectivity index (χ0n) is 11.3. The molecule has 0 bridgehead atoms. The molecule has 21 heavy (non-hydrogen) atoms. The summed E-state index contributed by atoms with van der Waals surface area (Å²) in [6, 6.07) is 14.2. The summed E-state index contributed by atoms with van der Waals surface area (Å²) >= 11 is 0. The summed E-state index contributed by atoms with van der Waals surface area (Å²) < 4.78 is 5.84. The first-order valence-electron chi connectivity index (χ1n) is 6.42. The van der Waals surface area contributed by atoms with Crippen molar-refractivity contribution in [3.05, 3.63) is 70.4 Å². The second-order valence-corrected chi connectivity index (χ2v) is 4.66. The van der Waals surface area contributed by atoms with E-state index in [1.54, 1.807) is 18.2 Å². The summed E-state index contributed by atoms with van der Waals surface area (Å²) in [4.78, 5) is 14.7. The van der Waals surface area contributed by atoms with Gasteiger partial charge in [0.25, 0.3) is 5.69 Å². The molecule has 0 saturated heterocycles. The molecule has 3 rings (SSSR count). The van der Waals surface area contributed by atoms with E-state index in [0.717, 1.165) is 5.56 Å². The molecule has 0 aliphatic rings. The molecule has 0 spiro atoms. The Balaban J connectivity index is 2.11. The minimum Gasteiger partial charge on any atom is -0.457 e. The number of ether oxygens (including phenoxy) is 1. The lowest BCUT2D eigenvalue weighted by Gasteiger charge is -2.09. The average Bonchev–Trinajstić information content (AvgIpc) is 2.47. The lowest BCUT2D eigenvalue weighted by atomic mass is 10.1. The number of aromatic nitrogens is 1. The quantitative estimate of drug-likeness (QED) is 0.531. The number of nitro benzene ring substituents is 1. The third-order valence-corrected chi connectivity index (χ3v) is 3.12. The Bertz CT molecular complexity index is 831. The van der Waals surface area contributed by atoms with E-state index in [1.165, 1.54) is 12.3 Å². The predicted molar refractivity (Wildman–Crippen MR) is 79.7 cm³/mol. The van der Waals surface area contributed by atoms with E-state index in [2.05, 4.69) is 4.98 Å². The highest BCUT2D eigenvalue weighted by Gasteiger charge is 2.15. The van der Waals surface area contributed by atoms with E-state index in [4.69, 9.17) is 4.74 Å². The van der Waals surface area contributed by atoms with E-state index in [-0.39, 0.29) is 5.69 Å². The number of nitro groups is 1. The van der Waals surface area contributed by atoms with Crippen LogP contribution in [0.2, 0.25) is 0 Å². The molecular weight excluding hydrogens is 268 g/mol. The summed E-state index contributed by atoms with van der Waals surface area (Å²) in [7, 11) is 0. The van der Waals surface area contributed by atoms with Gasteiger partial charge < -0.3 is 4.74 Å². The van der Waals surface area contributed by atoms with Crippen LogP contribution < -0.4 is 4.74 Å². The van der Waals surface area contributed by atoms with Gasteiger partial charge in [-0.2, -0.15) is 0 Å². The number of hydrogen-bond donors (Lipinski definition) is 0. The molecule has 0 radical (unpaired) electrons. The first kappa shape index (κ1) is 13.1. The predicted octanol–water partition coefficient (Wildman–Crippen LogP) is 4.24. The topological polar surface area (TPSA) is 65.3 Å². The molecule has 1 aromatic heterocycles. The zero-order valence-corrected chi connectivity index (χ0v) is 11.3. The number of fused-ring (bicyclic) bond motifs is 1. The Kier molecular flexibility index (Phi) is 3.23. The molecule has 5 heteroatoms. The molecule has 0 aliphatic carbocycles. The molecule has 0 atom stereocenters. The van der Waals surface area contributed by atoms with Gasteiger partial charge in [0.1, 0.15) is 11.5 Å². The van der Waals surface area contributed by atoms with Gasteiger partial charge in [-0.1, -0.05) is 18.2 Å². The molecule has 0 saturated carbocycles. The van der Waals surface area contributed by atoms with Crippen molar-refractivity contribution >= 4 is 16.6 Å². The smallest absolute Gasteiger partial charge is 0.295 e. The minimum atomic E-state index is -0.439. The van der Waals surface area contributed by atoms with Gasteiger partial charge in [0.05, 0.1) is 4.92 Å². The normalized spacial score (nSPS) is 10.5. The maximum atomic E-state index is 11.1. The Morgan fingerprint density at radius 1 is 1.14 bits per heavy atom. The van der Waals surface area contributed by atoms with E-state index < -0.39 is 4.92 Å². The highest BCUT2D eigenvalue weighted by Crippen LogP contribution is 2.32. The van der Waals surface area contributed by atoms with Gasteiger partial charge in [0.15, 0.2) is 5.52 Å². The van der Waals surface area contributed by atoms with Crippen LogP contribution in [0.25, 0.3) is 10.9 Å². The lowest BCUT2D eigenvalue weighted by molar-refractivity contribution is -0.383. The SMILES string of the molecule is Cc1cccc(Oc2ccnc3c([N+](=O)[O-])cccc23)c1. The van der Waals surface area contributed by atoms with Gasteiger partial charge in [0, 0.05) is 17.6 Å². The summed E-state index contributed by atoms with van der Waals surface area (Å²) in [5.41, 5.74) is 1.38. The van der Waals surface area contributed by atoms with Crippen molar-refractivity contribution in [3.63, 3.8) is 0 Å². The van der Waals surface area contributed by atoms with E-state index in [0.29, 0.717) is 22.4 Å². The summed E-state index contributed by atoms with van der Waals surface area (Å²) in [6.45, 7) is 1.97. The molecule has 3 aromatic rings. The molecule has 2 aromatic carbocycles. The van der Waals surface area contributed by atoms with Crippen molar-refractivity contribution in [2.75, 3.05) is 0 Å². The molecule has 0 fully saturated rings. The number of nitrogens with zero attached hydrogens (tertiary/aromatic N) is 2. The number of rotatable bonds is 3. The third-order valence-electron chi connectivity index (χ3n) is 3.12. The molecule has 104 valence electrons. The molecule has 1 heterocycles. The van der Waals surface area contributed by atoms with Crippen LogP contribution in [0.4, 0.5) is 5.69 Å². The van der Waals surface area contributed by atoms with Crippen LogP contribution in [0.1, 0.15) is 5.56 Å². The van der Waals surface area contributed by atoms with Crippen LogP contribution in [0.5, 0.6) is 11.5 Å². The van der Waals surface area contributed by atoms with Crippen LogP contribution >= 0.6 is 0 Å². The van der Waals surface area contributed by atoms with Gasteiger partial charge in [-0.25, -0.2) is 4.98 Å². The first-order valence-corrected chi connectivity index (χ1v) is 6.42. The van der Waals surface area contributed by atoms with Crippen molar-refractivity contribution in [1.29, 1.82) is 0 Å². The van der Waals surface area contributed by atoms with E-state index >= 15 is 0 Å². The standard InChI is InChI=1S/C16H12N2O3/c1-11-4-2-5-12(10-11)21-15-8-9-17-16-13(15)6-3-7-14(16)18(19)20/h2-10H,1H3. The first-order chi connectivity index (χ1) is 10.1. The number of aryl methyl sites for hydroxylation is 1. The van der Waals surface area contributed by atoms with Crippen molar-refractivity contribution < 1.29 is 9.66 Å². The molecule has 5 nitrogen and oxygen atoms in total. The second kappa shape index (κ2) is 5.20. The highest BCUT2D eigenvalue weighted by atomic mass is 16.6. The lowest BCUT2D eigenvalue weighted by Crippen LogP contribution is -1.93. The number of non-ortho nitro benzene ring substituents is 1. The molecule has 0 amide bonds. The largest absolute Gasteiger partial charge is 0.457 e.